The SMILES string of the molecule is O=C1NCc2nc3ccc(Br)cc3cc21. The number of nitrogens with zero attached hydrogens (tertiary/aromatic N) is 1. The molecule has 0 radical (unpaired) electrons. The molecule has 0 saturated carbocycles. The Morgan fingerprint density at radius 2 is 2.20 bits per heavy atom. The third-order valence-electron chi connectivity index (χ3n) is 2.52. The van der Waals surface area contributed by atoms with E-state index < -0.39 is 0 Å². The monoisotopic (exact) mass is 262 g/mol. The van der Waals surface area contributed by atoms with Gasteiger partial charge < -0.3 is 5.32 Å². The van der Waals surface area contributed by atoms with Gasteiger partial charge in [0.05, 0.1) is 23.3 Å². The van der Waals surface area contributed by atoms with Crippen LogP contribution < -0.4 is 5.32 Å². The number of carbonyl (C=O) groups excluding carboxylic acids is 1. The van der Waals surface area contributed by atoms with Crippen molar-refractivity contribution >= 4 is 32.7 Å². The summed E-state index contributed by atoms with van der Waals surface area (Å²) in [5.41, 5.74) is 2.46. The lowest BCUT2D eigenvalue weighted by molar-refractivity contribution is 0.0966. The number of nitrogens with one attached hydrogen (secondary N) is 1. The largest absolute Gasteiger partial charge is 0.346 e. The molecule has 0 aliphatic carbocycles. The van der Waals surface area contributed by atoms with Crippen molar-refractivity contribution < 1.29 is 4.79 Å². The maximum atomic E-state index is 11.4. The lowest BCUT2D eigenvalue weighted by Gasteiger charge is -2.00. The number of aromatic nitrogens is 1. The topological polar surface area (TPSA) is 42.0 Å². The Bertz CT molecular complexity index is 580. The molecule has 1 aliphatic heterocycles. The van der Waals surface area contributed by atoms with Gasteiger partial charge in [0.2, 0.25) is 0 Å². The van der Waals surface area contributed by atoms with Crippen LogP contribution in [-0.2, 0) is 6.54 Å². The van der Waals surface area contributed by atoms with Gasteiger partial charge in [-0.3, -0.25) is 9.78 Å². The van der Waals surface area contributed by atoms with Crippen molar-refractivity contribution in [2.75, 3.05) is 0 Å². The molecule has 1 aromatic carbocycles. The number of halogens is 1. The number of hydrogen-bond donors (Lipinski definition) is 1. The molecule has 1 aliphatic rings. The molecule has 2 heterocycles. The van der Waals surface area contributed by atoms with E-state index in [9.17, 15) is 4.79 Å². The van der Waals surface area contributed by atoms with Crippen molar-refractivity contribution in [3.05, 3.63) is 40.0 Å². The van der Waals surface area contributed by atoms with Gasteiger partial charge in [-0.2, -0.15) is 0 Å². The van der Waals surface area contributed by atoms with Gasteiger partial charge in [0, 0.05) is 9.86 Å². The molecule has 0 bridgehead atoms. The highest BCUT2D eigenvalue weighted by atomic mass is 79.9. The number of amides is 1. The predicted octanol–water partition coefficient (Wildman–Crippen LogP) is 2.24. The minimum Gasteiger partial charge on any atom is -0.346 e. The third kappa shape index (κ3) is 1.33. The van der Waals surface area contributed by atoms with E-state index in [1.54, 1.807) is 0 Å². The average molecular weight is 263 g/mol. The van der Waals surface area contributed by atoms with Crippen LogP contribution in [0, 0.1) is 0 Å². The lowest BCUT2D eigenvalue weighted by Crippen LogP contribution is -2.12. The molecule has 0 unspecified atom stereocenters. The highest BCUT2D eigenvalue weighted by Gasteiger charge is 2.20. The summed E-state index contributed by atoms with van der Waals surface area (Å²) in [7, 11) is 0. The number of carbonyl (C=O) groups is 1. The van der Waals surface area contributed by atoms with Gasteiger partial charge in [0.25, 0.3) is 5.91 Å². The molecular weight excluding hydrogens is 256 g/mol. The van der Waals surface area contributed by atoms with Gasteiger partial charge in [-0.05, 0) is 24.3 Å². The maximum absolute atomic E-state index is 11.4. The van der Waals surface area contributed by atoms with Crippen molar-refractivity contribution in [2.45, 2.75) is 6.54 Å². The molecule has 1 amide bonds. The predicted molar refractivity (Wildman–Crippen MR) is 60.6 cm³/mol. The summed E-state index contributed by atoms with van der Waals surface area (Å²) >= 11 is 3.40. The fourth-order valence-electron chi connectivity index (χ4n) is 1.78. The van der Waals surface area contributed by atoms with E-state index >= 15 is 0 Å². The first-order valence-corrected chi connectivity index (χ1v) is 5.41. The van der Waals surface area contributed by atoms with Crippen molar-refractivity contribution in [1.29, 1.82) is 0 Å². The quantitative estimate of drug-likeness (QED) is 0.792. The van der Waals surface area contributed by atoms with Gasteiger partial charge in [0.15, 0.2) is 0 Å². The number of benzene rings is 1. The first-order valence-electron chi connectivity index (χ1n) is 4.61. The van der Waals surface area contributed by atoms with Crippen LogP contribution >= 0.6 is 15.9 Å². The van der Waals surface area contributed by atoms with Crippen LogP contribution in [0.3, 0.4) is 0 Å². The first-order chi connectivity index (χ1) is 7.24. The Morgan fingerprint density at radius 1 is 1.33 bits per heavy atom. The smallest absolute Gasteiger partial charge is 0.253 e. The molecular formula is C11H7BrN2O. The van der Waals surface area contributed by atoms with E-state index in [-0.39, 0.29) is 5.91 Å². The summed E-state index contributed by atoms with van der Waals surface area (Å²) in [4.78, 5) is 15.9. The number of fused-ring (bicyclic) bond motifs is 2. The van der Waals surface area contributed by atoms with Crippen molar-refractivity contribution in [1.82, 2.24) is 10.3 Å². The van der Waals surface area contributed by atoms with Crippen molar-refractivity contribution in [3.63, 3.8) is 0 Å². The van der Waals surface area contributed by atoms with Crippen LogP contribution in [0.25, 0.3) is 10.9 Å². The summed E-state index contributed by atoms with van der Waals surface area (Å²) in [6.45, 7) is 0.542. The Kier molecular flexibility index (Phi) is 1.79. The van der Waals surface area contributed by atoms with E-state index in [1.165, 1.54) is 0 Å². The number of hydrogen-bond acceptors (Lipinski definition) is 2. The number of rotatable bonds is 0. The first kappa shape index (κ1) is 8.85. The van der Waals surface area contributed by atoms with Gasteiger partial charge in [-0.25, -0.2) is 0 Å². The van der Waals surface area contributed by atoms with Crippen LogP contribution in [0.15, 0.2) is 28.7 Å². The fraction of sp³-hybridized carbons (Fsp3) is 0.0909. The molecule has 0 spiro atoms. The van der Waals surface area contributed by atoms with Crippen LogP contribution in [0.4, 0.5) is 0 Å². The zero-order valence-corrected chi connectivity index (χ0v) is 9.34. The molecule has 2 aromatic rings. The minimum absolute atomic E-state index is 0.0284. The van der Waals surface area contributed by atoms with Gasteiger partial charge in [0.1, 0.15) is 0 Å². The summed E-state index contributed by atoms with van der Waals surface area (Å²) in [6, 6.07) is 7.76. The maximum Gasteiger partial charge on any atom is 0.253 e. The van der Waals surface area contributed by atoms with E-state index in [4.69, 9.17) is 0 Å². The normalized spacial score (nSPS) is 14.1. The Labute approximate surface area is 94.6 Å². The molecule has 15 heavy (non-hydrogen) atoms. The molecule has 74 valence electrons. The highest BCUT2D eigenvalue weighted by Crippen LogP contribution is 2.23. The van der Waals surface area contributed by atoms with Gasteiger partial charge in [-0.15, -0.1) is 0 Å². The molecule has 1 N–H and O–H groups in total. The second-order valence-corrected chi connectivity index (χ2v) is 4.42. The molecule has 3 rings (SSSR count). The van der Waals surface area contributed by atoms with E-state index in [2.05, 4.69) is 26.2 Å². The van der Waals surface area contributed by atoms with Crippen LogP contribution in [0.1, 0.15) is 16.1 Å². The molecule has 3 nitrogen and oxygen atoms in total. The zero-order valence-electron chi connectivity index (χ0n) is 7.75. The standard InChI is InChI=1S/C11H7BrN2O/c12-7-1-2-9-6(3-7)4-8-10(14-9)5-13-11(8)15/h1-4H,5H2,(H,13,15). The lowest BCUT2D eigenvalue weighted by atomic mass is 10.1. The number of pyridine rings is 1. The molecule has 4 heteroatoms. The van der Waals surface area contributed by atoms with E-state index in [1.807, 2.05) is 24.3 Å². The zero-order chi connectivity index (χ0) is 10.4. The van der Waals surface area contributed by atoms with Gasteiger partial charge in [-0.1, -0.05) is 15.9 Å². The Morgan fingerprint density at radius 3 is 3.07 bits per heavy atom. The fourth-order valence-corrected chi connectivity index (χ4v) is 2.16. The second-order valence-electron chi connectivity index (χ2n) is 3.50. The summed E-state index contributed by atoms with van der Waals surface area (Å²) in [5.74, 6) is -0.0284. The average Bonchev–Trinajstić information content (AvgIpc) is 2.57. The molecule has 0 fully saturated rings. The second kappa shape index (κ2) is 3.03. The summed E-state index contributed by atoms with van der Waals surface area (Å²) in [6.07, 6.45) is 0. The molecule has 1 aromatic heterocycles. The molecule has 0 saturated heterocycles. The van der Waals surface area contributed by atoms with Crippen LogP contribution in [-0.4, -0.2) is 10.9 Å². The summed E-state index contributed by atoms with van der Waals surface area (Å²) in [5, 5.41) is 3.75. The Hall–Kier alpha value is -1.42. The van der Waals surface area contributed by atoms with Crippen molar-refractivity contribution in [3.8, 4) is 0 Å². The highest BCUT2D eigenvalue weighted by molar-refractivity contribution is 9.10. The minimum atomic E-state index is -0.0284. The van der Waals surface area contributed by atoms with Crippen LogP contribution in [0.2, 0.25) is 0 Å². The summed E-state index contributed by atoms with van der Waals surface area (Å²) < 4.78 is 0.996. The molecule has 0 atom stereocenters. The van der Waals surface area contributed by atoms with Crippen LogP contribution in [0.5, 0.6) is 0 Å². The van der Waals surface area contributed by atoms with Crippen molar-refractivity contribution in [2.24, 2.45) is 0 Å². The van der Waals surface area contributed by atoms with Gasteiger partial charge >= 0.3 is 0 Å². The van der Waals surface area contributed by atoms with E-state index in [0.29, 0.717) is 12.1 Å². The Balaban J connectivity index is 2.35. The van der Waals surface area contributed by atoms with E-state index in [0.717, 1.165) is 21.1 Å². The third-order valence-corrected chi connectivity index (χ3v) is 3.01.